The fraction of sp³-hybridized carbons (Fsp3) is 0.429. The lowest BCUT2D eigenvalue weighted by Crippen LogP contribution is -2.36. The Morgan fingerprint density at radius 1 is 1.56 bits per heavy atom. The molecule has 4 heteroatoms. The number of benzene rings is 1. The average molecular weight is 244 g/mol. The molecule has 0 saturated carbocycles. The predicted octanol–water partition coefficient (Wildman–Crippen LogP) is 2.01. The topological polar surface area (TPSA) is 53.3 Å². The predicted molar refractivity (Wildman–Crippen MR) is 68.3 cm³/mol. The number of hydrogen-bond acceptors (Lipinski definition) is 4. The standard InChI is InChI=1S/C14H16N2O2/c1-10-8-12(6-5-11(10)9-15)16-7-3-4-13(16)14(17)18-2/h5-6,8,13H,3-4,7H2,1-2H3. The van der Waals surface area contributed by atoms with Gasteiger partial charge in [0.05, 0.1) is 18.7 Å². The van der Waals surface area contributed by atoms with Crippen LogP contribution in [0.1, 0.15) is 24.0 Å². The molecule has 1 unspecified atom stereocenters. The summed E-state index contributed by atoms with van der Waals surface area (Å²) in [5.41, 5.74) is 2.59. The van der Waals surface area contributed by atoms with Crippen LogP contribution in [0.25, 0.3) is 0 Å². The van der Waals surface area contributed by atoms with E-state index in [0.29, 0.717) is 5.56 Å². The summed E-state index contributed by atoms with van der Waals surface area (Å²) >= 11 is 0. The van der Waals surface area contributed by atoms with Crippen molar-refractivity contribution in [2.75, 3.05) is 18.6 Å². The highest BCUT2D eigenvalue weighted by molar-refractivity contribution is 5.80. The zero-order chi connectivity index (χ0) is 13.1. The zero-order valence-corrected chi connectivity index (χ0v) is 10.6. The number of methoxy groups -OCH3 is 1. The lowest BCUT2D eigenvalue weighted by Gasteiger charge is -2.25. The van der Waals surface area contributed by atoms with Crippen molar-refractivity contribution in [1.82, 2.24) is 0 Å². The van der Waals surface area contributed by atoms with Gasteiger partial charge in [0.25, 0.3) is 0 Å². The van der Waals surface area contributed by atoms with Crippen molar-refractivity contribution in [1.29, 1.82) is 5.26 Å². The number of aryl methyl sites for hydroxylation is 1. The number of nitriles is 1. The molecule has 1 saturated heterocycles. The van der Waals surface area contributed by atoms with Crippen molar-refractivity contribution in [3.8, 4) is 6.07 Å². The molecule has 2 rings (SSSR count). The van der Waals surface area contributed by atoms with Gasteiger partial charge < -0.3 is 9.64 Å². The van der Waals surface area contributed by atoms with Crippen LogP contribution >= 0.6 is 0 Å². The van der Waals surface area contributed by atoms with Gasteiger partial charge in [0.15, 0.2) is 0 Å². The van der Waals surface area contributed by atoms with Gasteiger partial charge in [-0.2, -0.15) is 5.26 Å². The highest BCUT2D eigenvalue weighted by Gasteiger charge is 2.31. The van der Waals surface area contributed by atoms with Gasteiger partial charge in [-0.05, 0) is 43.5 Å². The Kier molecular flexibility index (Phi) is 3.52. The van der Waals surface area contributed by atoms with E-state index in [2.05, 4.69) is 11.0 Å². The van der Waals surface area contributed by atoms with E-state index < -0.39 is 0 Å². The molecule has 0 aliphatic carbocycles. The first-order valence-corrected chi connectivity index (χ1v) is 6.02. The molecule has 0 N–H and O–H groups in total. The van der Waals surface area contributed by atoms with Crippen LogP contribution in [0.3, 0.4) is 0 Å². The Hall–Kier alpha value is -2.02. The lowest BCUT2D eigenvalue weighted by molar-refractivity contribution is -0.141. The van der Waals surface area contributed by atoms with E-state index in [0.717, 1.165) is 30.6 Å². The summed E-state index contributed by atoms with van der Waals surface area (Å²) in [7, 11) is 1.42. The first kappa shape index (κ1) is 12.4. The van der Waals surface area contributed by atoms with E-state index in [1.165, 1.54) is 7.11 Å². The molecule has 1 aliphatic heterocycles. The number of anilines is 1. The van der Waals surface area contributed by atoms with Gasteiger partial charge in [-0.3, -0.25) is 0 Å². The van der Waals surface area contributed by atoms with Crippen molar-refractivity contribution in [3.05, 3.63) is 29.3 Å². The fourth-order valence-corrected chi connectivity index (χ4v) is 2.41. The Balaban J connectivity index is 2.28. The first-order valence-electron chi connectivity index (χ1n) is 6.02. The monoisotopic (exact) mass is 244 g/mol. The molecule has 94 valence electrons. The molecule has 1 fully saturated rings. The number of esters is 1. The number of ether oxygens (including phenoxy) is 1. The summed E-state index contributed by atoms with van der Waals surface area (Å²) in [4.78, 5) is 13.7. The molecule has 0 radical (unpaired) electrons. The van der Waals surface area contributed by atoms with Gasteiger partial charge in [0.2, 0.25) is 0 Å². The Bertz CT molecular complexity index is 505. The van der Waals surface area contributed by atoms with Gasteiger partial charge in [-0.25, -0.2) is 4.79 Å². The third-order valence-electron chi connectivity index (χ3n) is 3.39. The highest BCUT2D eigenvalue weighted by atomic mass is 16.5. The van der Waals surface area contributed by atoms with E-state index in [-0.39, 0.29) is 12.0 Å². The van der Waals surface area contributed by atoms with Gasteiger partial charge in [0.1, 0.15) is 6.04 Å². The molecule has 0 bridgehead atoms. The average Bonchev–Trinajstić information content (AvgIpc) is 2.86. The van der Waals surface area contributed by atoms with E-state index in [4.69, 9.17) is 10.00 Å². The van der Waals surface area contributed by atoms with Crippen LogP contribution in [0.5, 0.6) is 0 Å². The number of nitrogens with zero attached hydrogens (tertiary/aromatic N) is 2. The van der Waals surface area contributed by atoms with Gasteiger partial charge >= 0.3 is 5.97 Å². The van der Waals surface area contributed by atoms with Crippen LogP contribution in [0.15, 0.2) is 18.2 Å². The summed E-state index contributed by atoms with van der Waals surface area (Å²) < 4.78 is 4.83. The van der Waals surface area contributed by atoms with Crippen LogP contribution in [0.2, 0.25) is 0 Å². The third-order valence-corrected chi connectivity index (χ3v) is 3.39. The summed E-state index contributed by atoms with van der Waals surface area (Å²) in [5, 5.41) is 8.92. The molecule has 1 aliphatic rings. The SMILES string of the molecule is COC(=O)C1CCCN1c1ccc(C#N)c(C)c1. The minimum absolute atomic E-state index is 0.186. The molecular formula is C14H16N2O2. The molecule has 4 nitrogen and oxygen atoms in total. The van der Waals surface area contributed by atoms with Crippen LogP contribution in [-0.2, 0) is 9.53 Å². The number of rotatable bonds is 2. The van der Waals surface area contributed by atoms with Gasteiger partial charge in [0, 0.05) is 12.2 Å². The molecule has 0 aromatic heterocycles. The van der Waals surface area contributed by atoms with Crippen LogP contribution in [-0.4, -0.2) is 25.7 Å². The van der Waals surface area contributed by atoms with Crippen molar-refractivity contribution in [2.24, 2.45) is 0 Å². The van der Waals surface area contributed by atoms with Crippen LogP contribution in [0.4, 0.5) is 5.69 Å². The van der Waals surface area contributed by atoms with Crippen LogP contribution in [0, 0.1) is 18.3 Å². The first-order chi connectivity index (χ1) is 8.67. The molecular weight excluding hydrogens is 228 g/mol. The summed E-state index contributed by atoms with van der Waals surface area (Å²) in [6.07, 6.45) is 1.81. The maximum Gasteiger partial charge on any atom is 0.328 e. The van der Waals surface area contributed by atoms with Crippen molar-refractivity contribution in [3.63, 3.8) is 0 Å². The highest BCUT2D eigenvalue weighted by Crippen LogP contribution is 2.27. The lowest BCUT2D eigenvalue weighted by atomic mass is 10.1. The molecule has 18 heavy (non-hydrogen) atoms. The number of carbonyl (C=O) groups is 1. The van der Waals surface area contributed by atoms with E-state index in [1.807, 2.05) is 19.1 Å². The van der Waals surface area contributed by atoms with E-state index in [1.54, 1.807) is 6.07 Å². The molecule has 1 aromatic rings. The van der Waals surface area contributed by atoms with Gasteiger partial charge in [-0.15, -0.1) is 0 Å². The second-order valence-electron chi connectivity index (χ2n) is 4.49. The van der Waals surface area contributed by atoms with Crippen molar-refractivity contribution >= 4 is 11.7 Å². The van der Waals surface area contributed by atoms with Gasteiger partial charge in [-0.1, -0.05) is 0 Å². The smallest absolute Gasteiger partial charge is 0.328 e. The molecule has 0 amide bonds. The largest absolute Gasteiger partial charge is 0.467 e. The minimum atomic E-state index is -0.192. The zero-order valence-electron chi connectivity index (χ0n) is 10.6. The van der Waals surface area contributed by atoms with E-state index in [9.17, 15) is 4.79 Å². The number of carbonyl (C=O) groups excluding carboxylic acids is 1. The minimum Gasteiger partial charge on any atom is -0.467 e. The summed E-state index contributed by atoms with van der Waals surface area (Å²) in [5.74, 6) is -0.186. The maximum atomic E-state index is 11.7. The molecule has 1 atom stereocenters. The number of hydrogen-bond donors (Lipinski definition) is 0. The Morgan fingerprint density at radius 2 is 2.33 bits per heavy atom. The molecule has 1 aromatic carbocycles. The molecule has 1 heterocycles. The second kappa shape index (κ2) is 5.09. The van der Waals surface area contributed by atoms with Crippen LogP contribution < -0.4 is 4.90 Å². The van der Waals surface area contributed by atoms with E-state index >= 15 is 0 Å². The quantitative estimate of drug-likeness (QED) is 0.747. The third kappa shape index (κ3) is 2.17. The molecule has 0 spiro atoms. The summed E-state index contributed by atoms with van der Waals surface area (Å²) in [6, 6.07) is 7.61. The fourth-order valence-electron chi connectivity index (χ4n) is 2.41. The van der Waals surface area contributed by atoms with Crippen molar-refractivity contribution < 1.29 is 9.53 Å². The Labute approximate surface area is 107 Å². The summed E-state index contributed by atoms with van der Waals surface area (Å²) in [6.45, 7) is 2.76. The second-order valence-corrected chi connectivity index (χ2v) is 4.49. The maximum absolute atomic E-state index is 11.7. The Morgan fingerprint density at radius 3 is 2.94 bits per heavy atom. The van der Waals surface area contributed by atoms with Crippen molar-refractivity contribution in [2.45, 2.75) is 25.8 Å². The normalized spacial score (nSPS) is 18.5.